The average Bonchev–Trinajstić information content (AvgIpc) is 2.12. The van der Waals surface area contributed by atoms with Crippen LogP contribution in [-0.2, 0) is 4.74 Å². The molecule has 0 fully saturated rings. The Hall–Kier alpha value is 0.540. The van der Waals surface area contributed by atoms with E-state index in [4.69, 9.17) is 4.74 Å². The molecular formula is C8H15BrF3NOS. The number of ether oxygens (including phenoxy) is 1. The topological polar surface area (TPSA) is 12.5 Å². The summed E-state index contributed by atoms with van der Waals surface area (Å²) in [6, 6.07) is 0. The van der Waals surface area contributed by atoms with Gasteiger partial charge in [-0.2, -0.15) is 13.2 Å². The maximum absolute atomic E-state index is 11.9. The van der Waals surface area contributed by atoms with Gasteiger partial charge in [-0.15, -0.1) is 0 Å². The summed E-state index contributed by atoms with van der Waals surface area (Å²) < 4.78 is 40.4. The van der Waals surface area contributed by atoms with Gasteiger partial charge in [0.2, 0.25) is 0 Å². The van der Waals surface area contributed by atoms with Crippen molar-refractivity contribution in [1.29, 1.82) is 0 Å². The standard InChI is InChI=1S/C8H15BrF3NOS/c1-14-6-4-13(3-2-9)5-7-15-8(10,11)12/h2-7H2,1H3. The third-order valence-electron chi connectivity index (χ3n) is 1.69. The van der Waals surface area contributed by atoms with Gasteiger partial charge < -0.3 is 4.74 Å². The van der Waals surface area contributed by atoms with E-state index in [0.29, 0.717) is 19.7 Å². The third-order valence-corrected chi connectivity index (χ3v) is 2.75. The lowest BCUT2D eigenvalue weighted by atomic mass is 10.5. The Morgan fingerprint density at radius 1 is 1.27 bits per heavy atom. The van der Waals surface area contributed by atoms with E-state index in [1.165, 1.54) is 0 Å². The first-order valence-corrected chi connectivity index (χ1v) is 6.58. The lowest BCUT2D eigenvalue weighted by molar-refractivity contribution is -0.0328. The summed E-state index contributed by atoms with van der Waals surface area (Å²) in [6.45, 7) is 2.38. The number of halogens is 4. The zero-order chi connectivity index (χ0) is 11.7. The van der Waals surface area contributed by atoms with E-state index in [1.54, 1.807) is 7.11 Å². The molecule has 0 heterocycles. The summed E-state index contributed by atoms with van der Waals surface area (Å²) in [7, 11) is 1.58. The highest BCUT2D eigenvalue weighted by Crippen LogP contribution is 2.29. The normalized spacial score (nSPS) is 12.4. The number of hydrogen-bond acceptors (Lipinski definition) is 3. The number of thioether (sulfide) groups is 1. The van der Waals surface area contributed by atoms with Crippen molar-refractivity contribution in [2.75, 3.05) is 44.4 Å². The Kier molecular flexibility index (Phi) is 8.98. The van der Waals surface area contributed by atoms with Crippen molar-refractivity contribution in [2.45, 2.75) is 5.51 Å². The third kappa shape index (κ3) is 10.8. The highest BCUT2D eigenvalue weighted by molar-refractivity contribution is 9.09. The van der Waals surface area contributed by atoms with Crippen LogP contribution in [0.2, 0.25) is 0 Å². The van der Waals surface area contributed by atoms with Gasteiger partial charge in [-0.1, -0.05) is 15.9 Å². The zero-order valence-corrected chi connectivity index (χ0v) is 10.9. The van der Waals surface area contributed by atoms with Crippen LogP contribution in [0.15, 0.2) is 0 Å². The van der Waals surface area contributed by atoms with Crippen molar-refractivity contribution in [3.8, 4) is 0 Å². The number of rotatable bonds is 8. The van der Waals surface area contributed by atoms with Gasteiger partial charge in [-0.05, 0) is 11.8 Å². The predicted octanol–water partition coefficient (Wildman–Crippen LogP) is 2.58. The summed E-state index contributed by atoms with van der Waals surface area (Å²) in [6.07, 6.45) is 0. The van der Waals surface area contributed by atoms with Crippen LogP contribution in [0, 0.1) is 0 Å². The van der Waals surface area contributed by atoms with E-state index in [-0.39, 0.29) is 17.5 Å². The van der Waals surface area contributed by atoms with Crippen LogP contribution in [0.3, 0.4) is 0 Å². The minimum absolute atomic E-state index is 0.0234. The van der Waals surface area contributed by atoms with Gasteiger partial charge in [0.15, 0.2) is 0 Å². The highest BCUT2D eigenvalue weighted by atomic mass is 79.9. The number of methoxy groups -OCH3 is 1. The maximum atomic E-state index is 11.9. The van der Waals surface area contributed by atoms with Crippen molar-refractivity contribution in [3.63, 3.8) is 0 Å². The first kappa shape index (κ1) is 15.5. The first-order chi connectivity index (χ1) is 6.99. The number of nitrogens with zero attached hydrogens (tertiary/aromatic N) is 1. The van der Waals surface area contributed by atoms with Gasteiger partial charge in [0.25, 0.3) is 0 Å². The fourth-order valence-corrected chi connectivity index (χ4v) is 2.05. The van der Waals surface area contributed by atoms with Gasteiger partial charge in [-0.3, -0.25) is 4.90 Å². The second kappa shape index (κ2) is 8.66. The molecule has 0 spiro atoms. The molecule has 0 unspecified atom stereocenters. The quantitative estimate of drug-likeness (QED) is 0.640. The number of alkyl halides is 4. The second-order valence-electron chi connectivity index (χ2n) is 2.82. The van der Waals surface area contributed by atoms with Crippen LogP contribution in [0.5, 0.6) is 0 Å². The van der Waals surface area contributed by atoms with E-state index >= 15 is 0 Å². The lowest BCUT2D eigenvalue weighted by Crippen LogP contribution is -2.31. The summed E-state index contributed by atoms with van der Waals surface area (Å²) in [5, 5.41) is 0.757. The minimum atomic E-state index is -4.12. The zero-order valence-electron chi connectivity index (χ0n) is 8.52. The molecule has 15 heavy (non-hydrogen) atoms. The highest BCUT2D eigenvalue weighted by Gasteiger charge is 2.27. The van der Waals surface area contributed by atoms with Gasteiger partial charge in [0.1, 0.15) is 0 Å². The molecule has 0 aliphatic heterocycles. The van der Waals surface area contributed by atoms with Crippen molar-refractivity contribution < 1.29 is 17.9 Å². The van der Waals surface area contributed by atoms with Gasteiger partial charge in [-0.25, -0.2) is 0 Å². The molecule has 0 bridgehead atoms. The van der Waals surface area contributed by atoms with Crippen LogP contribution in [0.4, 0.5) is 13.2 Å². The molecule has 0 aliphatic rings. The van der Waals surface area contributed by atoms with Crippen molar-refractivity contribution in [2.24, 2.45) is 0 Å². The Morgan fingerprint density at radius 2 is 1.93 bits per heavy atom. The SMILES string of the molecule is COCCN(CCBr)CCSC(F)(F)F. The van der Waals surface area contributed by atoms with Crippen LogP contribution >= 0.6 is 27.7 Å². The van der Waals surface area contributed by atoms with E-state index in [1.807, 2.05) is 4.90 Å². The molecule has 0 aliphatic carbocycles. The molecule has 0 atom stereocenters. The lowest BCUT2D eigenvalue weighted by Gasteiger charge is -2.20. The second-order valence-corrected chi connectivity index (χ2v) is 4.77. The fourth-order valence-electron chi connectivity index (χ4n) is 0.966. The average molecular weight is 310 g/mol. The summed E-state index contributed by atoms with van der Waals surface area (Å²) in [5.41, 5.74) is -4.12. The van der Waals surface area contributed by atoms with Crippen LogP contribution in [0.25, 0.3) is 0 Å². The van der Waals surface area contributed by atoms with Crippen LogP contribution in [-0.4, -0.2) is 54.8 Å². The summed E-state index contributed by atoms with van der Waals surface area (Å²) in [5.74, 6) is 0.0697. The number of hydrogen-bond donors (Lipinski definition) is 0. The van der Waals surface area contributed by atoms with E-state index in [2.05, 4.69) is 15.9 Å². The molecule has 0 saturated carbocycles. The van der Waals surface area contributed by atoms with E-state index < -0.39 is 5.51 Å². The molecule has 2 nitrogen and oxygen atoms in total. The van der Waals surface area contributed by atoms with Crippen molar-refractivity contribution in [3.05, 3.63) is 0 Å². The largest absolute Gasteiger partial charge is 0.441 e. The Balaban J connectivity index is 3.65. The predicted molar refractivity (Wildman–Crippen MR) is 60.6 cm³/mol. The molecule has 0 N–H and O–H groups in total. The van der Waals surface area contributed by atoms with Crippen LogP contribution < -0.4 is 0 Å². The molecule has 0 aromatic heterocycles. The summed E-state index contributed by atoms with van der Waals surface area (Å²) in [4.78, 5) is 1.94. The molecule has 92 valence electrons. The first-order valence-electron chi connectivity index (χ1n) is 4.47. The van der Waals surface area contributed by atoms with Gasteiger partial charge in [0.05, 0.1) is 6.61 Å². The smallest absolute Gasteiger partial charge is 0.383 e. The minimum Gasteiger partial charge on any atom is -0.383 e. The molecule has 0 aromatic carbocycles. The van der Waals surface area contributed by atoms with Gasteiger partial charge >= 0.3 is 5.51 Å². The molecule has 0 rings (SSSR count). The van der Waals surface area contributed by atoms with E-state index in [0.717, 1.165) is 11.9 Å². The van der Waals surface area contributed by atoms with Crippen LogP contribution in [0.1, 0.15) is 0 Å². The van der Waals surface area contributed by atoms with Gasteiger partial charge in [0, 0.05) is 37.8 Å². The fraction of sp³-hybridized carbons (Fsp3) is 1.00. The van der Waals surface area contributed by atoms with E-state index in [9.17, 15) is 13.2 Å². The Bertz CT molecular complexity index is 159. The molecule has 0 saturated heterocycles. The molecule has 0 aromatic rings. The van der Waals surface area contributed by atoms with Crippen molar-refractivity contribution in [1.82, 2.24) is 4.90 Å². The van der Waals surface area contributed by atoms with Crippen molar-refractivity contribution >= 4 is 27.7 Å². The Labute approximate surface area is 101 Å². The Morgan fingerprint density at radius 3 is 2.40 bits per heavy atom. The molecule has 0 amide bonds. The summed E-state index contributed by atoms with van der Waals surface area (Å²) >= 11 is 3.29. The monoisotopic (exact) mass is 309 g/mol. The molecule has 0 radical (unpaired) electrons. The molecule has 7 heteroatoms. The molecular weight excluding hydrogens is 295 g/mol. The maximum Gasteiger partial charge on any atom is 0.441 e.